The van der Waals surface area contributed by atoms with Gasteiger partial charge in [-0.05, 0) is 60.2 Å². The lowest BCUT2D eigenvalue weighted by Crippen LogP contribution is -2.43. The summed E-state index contributed by atoms with van der Waals surface area (Å²) < 4.78 is 15.8. The van der Waals surface area contributed by atoms with Gasteiger partial charge >= 0.3 is 0 Å². The topological polar surface area (TPSA) is 37.3 Å². The van der Waals surface area contributed by atoms with Crippen LogP contribution in [0.4, 0.5) is 15.8 Å². The Morgan fingerprint density at radius 2 is 1.53 bits per heavy atom. The van der Waals surface area contributed by atoms with Crippen molar-refractivity contribution in [3.05, 3.63) is 108 Å². The van der Waals surface area contributed by atoms with Gasteiger partial charge in [0, 0.05) is 40.2 Å². The maximum atomic E-state index is 13.6. The highest BCUT2D eigenvalue weighted by Gasteiger charge is 2.34. The minimum atomic E-state index is -0.425. The fourth-order valence-electron chi connectivity index (χ4n) is 4.71. The molecule has 6 rings (SSSR count). The van der Waals surface area contributed by atoms with Crippen molar-refractivity contribution in [2.75, 3.05) is 10.2 Å². The summed E-state index contributed by atoms with van der Waals surface area (Å²) in [5.41, 5.74) is 5.28. The summed E-state index contributed by atoms with van der Waals surface area (Å²) in [6.45, 7) is 0. The van der Waals surface area contributed by atoms with Crippen molar-refractivity contribution >= 4 is 39.1 Å². The van der Waals surface area contributed by atoms with E-state index < -0.39 is 6.17 Å². The first kappa shape index (κ1) is 18.6. The lowest BCUT2D eigenvalue weighted by Gasteiger charge is -2.38. The van der Waals surface area contributed by atoms with Crippen molar-refractivity contribution in [2.24, 2.45) is 7.05 Å². The van der Waals surface area contributed by atoms with Gasteiger partial charge in [0.05, 0.1) is 5.56 Å². The second kappa shape index (κ2) is 6.95. The number of hydrogen-bond acceptors (Lipinski definition) is 2. The third-order valence-electron chi connectivity index (χ3n) is 6.28. The van der Waals surface area contributed by atoms with Crippen molar-refractivity contribution in [1.29, 1.82) is 0 Å². The zero-order chi connectivity index (χ0) is 21.8. The van der Waals surface area contributed by atoms with Crippen LogP contribution in [0, 0.1) is 5.82 Å². The van der Waals surface area contributed by atoms with E-state index in [0.717, 1.165) is 27.7 Å². The summed E-state index contributed by atoms with van der Waals surface area (Å²) in [5, 5.41) is 5.83. The number of rotatable bonds is 2. The van der Waals surface area contributed by atoms with Gasteiger partial charge in [0.2, 0.25) is 0 Å². The maximum Gasteiger partial charge on any atom is 0.262 e. The van der Waals surface area contributed by atoms with E-state index in [1.54, 1.807) is 17.0 Å². The molecular weight excluding hydrogens is 401 g/mol. The van der Waals surface area contributed by atoms with Gasteiger partial charge in [-0.15, -0.1) is 0 Å². The summed E-state index contributed by atoms with van der Waals surface area (Å²) in [5.74, 6) is -0.450. The molecule has 0 saturated heterocycles. The third-order valence-corrected chi connectivity index (χ3v) is 6.28. The van der Waals surface area contributed by atoms with E-state index >= 15 is 0 Å². The highest BCUT2D eigenvalue weighted by molar-refractivity contribution is 6.12. The summed E-state index contributed by atoms with van der Waals surface area (Å²) in [4.78, 5) is 15.3. The van der Waals surface area contributed by atoms with Crippen LogP contribution in [0.2, 0.25) is 0 Å². The Hall–Kier alpha value is -4.12. The van der Waals surface area contributed by atoms with Gasteiger partial charge in [-0.1, -0.05) is 36.4 Å². The Bertz CT molecular complexity index is 1500. The maximum absolute atomic E-state index is 13.6. The van der Waals surface area contributed by atoms with Gasteiger partial charge in [0.1, 0.15) is 12.0 Å². The largest absolute Gasteiger partial charge is 0.360 e. The molecule has 32 heavy (non-hydrogen) atoms. The minimum absolute atomic E-state index is 0.117. The van der Waals surface area contributed by atoms with E-state index in [9.17, 15) is 9.18 Å². The Balaban J connectivity index is 1.56. The lowest BCUT2D eigenvalue weighted by molar-refractivity contribution is 0.0975. The van der Waals surface area contributed by atoms with E-state index in [1.807, 2.05) is 36.4 Å². The molecule has 1 unspecified atom stereocenters. The number of amides is 1. The van der Waals surface area contributed by atoms with Gasteiger partial charge in [0.15, 0.2) is 0 Å². The number of halogens is 1. The molecule has 1 aliphatic rings. The molecule has 156 valence electrons. The van der Waals surface area contributed by atoms with Crippen LogP contribution in [0.3, 0.4) is 0 Å². The fraction of sp³-hybridized carbons (Fsp3) is 0.0741. The molecule has 0 saturated carbocycles. The number of nitrogens with one attached hydrogen (secondary N) is 1. The molecule has 4 aromatic carbocycles. The normalized spacial score (nSPS) is 15.8. The smallest absolute Gasteiger partial charge is 0.262 e. The molecule has 5 aromatic rings. The van der Waals surface area contributed by atoms with Gasteiger partial charge in [-0.25, -0.2) is 4.39 Å². The number of carbonyl (C=O) groups excluding carboxylic acids is 1. The number of nitrogens with zero attached hydrogens (tertiary/aromatic N) is 2. The van der Waals surface area contributed by atoms with E-state index in [2.05, 4.69) is 47.3 Å². The van der Waals surface area contributed by atoms with Crippen LogP contribution in [0.15, 0.2) is 91.0 Å². The molecule has 4 nitrogen and oxygen atoms in total. The second-order valence-corrected chi connectivity index (χ2v) is 8.10. The number of fused-ring (bicyclic) bond motifs is 4. The van der Waals surface area contributed by atoms with Gasteiger partial charge in [-0.2, -0.15) is 0 Å². The SMILES string of the molecule is Cn1c2ccccc2c2cc(C3Nc4ccccc4C(=O)N3c3ccc(F)cc3)ccc21. The van der Waals surface area contributed by atoms with Gasteiger partial charge in [-0.3, -0.25) is 9.69 Å². The summed E-state index contributed by atoms with van der Waals surface area (Å²) in [6.07, 6.45) is -0.425. The highest BCUT2D eigenvalue weighted by atomic mass is 19.1. The number of carbonyl (C=O) groups is 1. The van der Waals surface area contributed by atoms with E-state index in [4.69, 9.17) is 0 Å². The Labute approximate surface area is 184 Å². The van der Waals surface area contributed by atoms with Crippen molar-refractivity contribution in [3.63, 3.8) is 0 Å². The standard InChI is InChI=1S/C27H20FN3O/c1-30-24-9-5-3-6-20(24)22-16-17(10-15-25(22)30)26-29-23-8-4-2-7-21(23)27(32)31(26)19-13-11-18(28)12-14-19/h2-16,26,29H,1H3. The molecule has 1 atom stereocenters. The monoisotopic (exact) mass is 421 g/mol. The van der Waals surface area contributed by atoms with E-state index in [0.29, 0.717) is 11.3 Å². The molecule has 1 aromatic heterocycles. The highest BCUT2D eigenvalue weighted by Crippen LogP contribution is 2.38. The van der Waals surface area contributed by atoms with Gasteiger partial charge in [0.25, 0.3) is 5.91 Å². The fourth-order valence-corrected chi connectivity index (χ4v) is 4.71. The number of anilines is 2. The Morgan fingerprint density at radius 3 is 2.38 bits per heavy atom. The molecule has 0 aliphatic carbocycles. The van der Waals surface area contributed by atoms with Crippen LogP contribution in [0.25, 0.3) is 21.8 Å². The summed E-state index contributed by atoms with van der Waals surface area (Å²) in [6, 6.07) is 28.1. The molecule has 0 radical (unpaired) electrons. The van der Waals surface area contributed by atoms with E-state index in [-0.39, 0.29) is 11.7 Å². The van der Waals surface area contributed by atoms with Crippen LogP contribution in [-0.4, -0.2) is 10.5 Å². The molecule has 0 spiro atoms. The first-order valence-electron chi connectivity index (χ1n) is 10.5. The van der Waals surface area contributed by atoms with Crippen molar-refractivity contribution < 1.29 is 9.18 Å². The first-order chi connectivity index (χ1) is 15.6. The van der Waals surface area contributed by atoms with Crippen LogP contribution in [0.1, 0.15) is 22.1 Å². The molecular formula is C27H20FN3O. The van der Waals surface area contributed by atoms with Gasteiger partial charge < -0.3 is 9.88 Å². The molecule has 2 heterocycles. The number of hydrogen-bond donors (Lipinski definition) is 1. The Morgan fingerprint density at radius 1 is 0.812 bits per heavy atom. The molecule has 0 fully saturated rings. The summed E-state index contributed by atoms with van der Waals surface area (Å²) >= 11 is 0. The molecule has 1 N–H and O–H groups in total. The predicted molar refractivity (Wildman–Crippen MR) is 126 cm³/mol. The average molecular weight is 421 g/mol. The van der Waals surface area contributed by atoms with Crippen molar-refractivity contribution in [2.45, 2.75) is 6.17 Å². The number of benzene rings is 4. The zero-order valence-corrected chi connectivity index (χ0v) is 17.4. The molecule has 1 amide bonds. The quantitative estimate of drug-likeness (QED) is 0.366. The van der Waals surface area contributed by atoms with Crippen LogP contribution >= 0.6 is 0 Å². The van der Waals surface area contributed by atoms with Crippen LogP contribution in [-0.2, 0) is 7.05 Å². The molecule has 0 bridgehead atoms. The minimum Gasteiger partial charge on any atom is -0.360 e. The van der Waals surface area contributed by atoms with E-state index in [1.165, 1.54) is 17.5 Å². The van der Waals surface area contributed by atoms with Crippen molar-refractivity contribution in [3.8, 4) is 0 Å². The Kier molecular flexibility index (Phi) is 4.05. The summed E-state index contributed by atoms with van der Waals surface area (Å²) in [7, 11) is 2.06. The second-order valence-electron chi connectivity index (χ2n) is 8.10. The number of aromatic nitrogens is 1. The average Bonchev–Trinajstić information content (AvgIpc) is 3.11. The van der Waals surface area contributed by atoms with Crippen LogP contribution < -0.4 is 10.2 Å². The molecule has 5 heteroatoms. The number of para-hydroxylation sites is 2. The molecule has 1 aliphatic heterocycles. The lowest BCUT2D eigenvalue weighted by atomic mass is 10.0. The third kappa shape index (κ3) is 2.71. The van der Waals surface area contributed by atoms with Crippen molar-refractivity contribution in [1.82, 2.24) is 4.57 Å². The van der Waals surface area contributed by atoms with Crippen LogP contribution in [0.5, 0.6) is 0 Å². The first-order valence-corrected chi connectivity index (χ1v) is 10.5. The zero-order valence-electron chi connectivity index (χ0n) is 17.4. The number of aryl methyl sites for hydroxylation is 1. The predicted octanol–water partition coefficient (Wildman–Crippen LogP) is 6.24.